The first-order valence-corrected chi connectivity index (χ1v) is 9.83. The second-order valence-corrected chi connectivity index (χ2v) is 8.41. The number of hydrogen-bond acceptors (Lipinski definition) is 4. The van der Waals surface area contributed by atoms with E-state index in [0.29, 0.717) is 18.8 Å². The monoisotopic (exact) mass is 323 g/mol. The smallest absolute Gasteiger partial charge is 0.323 e. The van der Waals surface area contributed by atoms with Gasteiger partial charge in [-0.1, -0.05) is 12.8 Å². The molecule has 0 unspecified atom stereocenters. The van der Waals surface area contributed by atoms with Crippen molar-refractivity contribution in [2.75, 3.05) is 18.2 Å². The molecule has 22 heavy (non-hydrogen) atoms. The molecule has 0 atom stereocenters. The zero-order chi connectivity index (χ0) is 15.2. The van der Waals surface area contributed by atoms with Crippen LogP contribution in [-0.4, -0.2) is 57.5 Å². The molecular formula is C16H25N3O2S. The van der Waals surface area contributed by atoms with E-state index >= 15 is 0 Å². The summed E-state index contributed by atoms with van der Waals surface area (Å²) in [7, 11) is 0. The van der Waals surface area contributed by atoms with Crippen molar-refractivity contribution in [3.8, 4) is 0 Å². The topological polar surface area (TPSA) is 52.7 Å². The second kappa shape index (κ2) is 5.71. The van der Waals surface area contributed by atoms with Crippen LogP contribution in [0.2, 0.25) is 0 Å². The van der Waals surface area contributed by atoms with Gasteiger partial charge in [0, 0.05) is 12.1 Å². The van der Waals surface area contributed by atoms with Crippen LogP contribution in [0.4, 0.5) is 4.79 Å². The number of nitrogens with zero attached hydrogens (tertiary/aromatic N) is 2. The normalized spacial score (nSPS) is 28.9. The van der Waals surface area contributed by atoms with E-state index in [-0.39, 0.29) is 11.9 Å². The van der Waals surface area contributed by atoms with Gasteiger partial charge in [-0.3, -0.25) is 9.69 Å². The lowest BCUT2D eigenvalue weighted by Crippen LogP contribution is -2.51. The predicted octanol–water partition coefficient (Wildman–Crippen LogP) is 2.17. The van der Waals surface area contributed by atoms with Crippen molar-refractivity contribution in [3.05, 3.63) is 0 Å². The number of imide groups is 1. The third kappa shape index (κ3) is 2.54. The molecule has 2 aliphatic heterocycles. The molecule has 2 heterocycles. The van der Waals surface area contributed by atoms with Gasteiger partial charge >= 0.3 is 6.03 Å². The molecule has 0 bridgehead atoms. The summed E-state index contributed by atoms with van der Waals surface area (Å²) in [6.45, 7) is 0.509. The molecule has 4 rings (SSSR count). The first-order chi connectivity index (χ1) is 10.7. The van der Waals surface area contributed by atoms with E-state index in [4.69, 9.17) is 0 Å². The van der Waals surface area contributed by atoms with Crippen molar-refractivity contribution in [1.82, 2.24) is 15.1 Å². The molecule has 0 aromatic carbocycles. The maximum Gasteiger partial charge on any atom is 0.326 e. The molecule has 2 aliphatic carbocycles. The summed E-state index contributed by atoms with van der Waals surface area (Å²) in [5, 5.41) is 3.02. The molecule has 0 aromatic rings. The van der Waals surface area contributed by atoms with Crippen molar-refractivity contribution in [3.63, 3.8) is 0 Å². The van der Waals surface area contributed by atoms with Crippen LogP contribution >= 0.6 is 11.8 Å². The Morgan fingerprint density at radius 3 is 2.36 bits per heavy atom. The average molecular weight is 323 g/mol. The van der Waals surface area contributed by atoms with Crippen LogP contribution in [-0.2, 0) is 4.79 Å². The Balaban J connectivity index is 1.49. The molecule has 1 N–H and O–H groups in total. The summed E-state index contributed by atoms with van der Waals surface area (Å²) >= 11 is 1.88. The lowest BCUT2D eigenvalue weighted by molar-refractivity contribution is -0.133. The summed E-state index contributed by atoms with van der Waals surface area (Å²) in [6, 6.07) is 1.01. The van der Waals surface area contributed by atoms with E-state index in [2.05, 4.69) is 10.2 Å². The van der Waals surface area contributed by atoms with E-state index in [1.807, 2.05) is 11.8 Å². The van der Waals surface area contributed by atoms with E-state index in [0.717, 1.165) is 24.3 Å². The predicted molar refractivity (Wildman–Crippen MR) is 86.7 cm³/mol. The number of urea groups is 1. The molecule has 2 saturated carbocycles. The number of nitrogens with one attached hydrogen (secondary N) is 1. The lowest BCUT2D eigenvalue weighted by Gasteiger charge is -2.33. The van der Waals surface area contributed by atoms with Gasteiger partial charge in [0.05, 0.1) is 6.67 Å². The van der Waals surface area contributed by atoms with E-state index in [9.17, 15) is 9.59 Å². The Kier molecular flexibility index (Phi) is 3.85. The van der Waals surface area contributed by atoms with Crippen LogP contribution in [0.5, 0.6) is 0 Å². The summed E-state index contributed by atoms with van der Waals surface area (Å²) in [6.07, 6.45) is 9.04. The standard InChI is InChI=1S/C16H25N3O2S/c20-14-16(7-9-22-10-8-16)17-15(21)19(14)11-18(13-5-6-13)12-3-1-2-4-12/h12-13H,1-11H2,(H,17,21). The fourth-order valence-corrected chi connectivity index (χ4v) is 5.39. The number of carbonyl (C=O) groups is 2. The molecule has 2 saturated heterocycles. The molecule has 0 aromatic heterocycles. The molecule has 0 radical (unpaired) electrons. The van der Waals surface area contributed by atoms with E-state index < -0.39 is 5.54 Å². The molecule has 4 aliphatic rings. The van der Waals surface area contributed by atoms with Crippen molar-refractivity contribution < 1.29 is 9.59 Å². The molecule has 4 fully saturated rings. The third-order valence-electron chi connectivity index (χ3n) is 5.71. The van der Waals surface area contributed by atoms with Crippen LogP contribution < -0.4 is 5.32 Å². The van der Waals surface area contributed by atoms with E-state index in [1.165, 1.54) is 43.4 Å². The van der Waals surface area contributed by atoms with Crippen LogP contribution in [0.25, 0.3) is 0 Å². The highest BCUT2D eigenvalue weighted by atomic mass is 32.2. The first-order valence-electron chi connectivity index (χ1n) is 8.67. The molecular weight excluding hydrogens is 298 g/mol. The summed E-state index contributed by atoms with van der Waals surface area (Å²) < 4.78 is 0. The van der Waals surface area contributed by atoms with Gasteiger partial charge < -0.3 is 5.32 Å². The number of hydrogen-bond donors (Lipinski definition) is 1. The van der Waals surface area contributed by atoms with Crippen LogP contribution in [0.3, 0.4) is 0 Å². The van der Waals surface area contributed by atoms with Crippen LogP contribution in [0.1, 0.15) is 51.4 Å². The van der Waals surface area contributed by atoms with E-state index in [1.54, 1.807) is 0 Å². The van der Waals surface area contributed by atoms with Crippen LogP contribution in [0.15, 0.2) is 0 Å². The quantitative estimate of drug-likeness (QED) is 0.806. The molecule has 1 spiro atoms. The lowest BCUT2D eigenvalue weighted by atomic mass is 9.92. The fourth-order valence-electron chi connectivity index (χ4n) is 4.20. The zero-order valence-corrected chi connectivity index (χ0v) is 13.9. The number of amides is 3. The zero-order valence-electron chi connectivity index (χ0n) is 13.1. The summed E-state index contributed by atoms with van der Waals surface area (Å²) in [5.41, 5.74) is -0.590. The summed E-state index contributed by atoms with van der Waals surface area (Å²) in [5.74, 6) is 1.96. The largest absolute Gasteiger partial charge is 0.326 e. The SMILES string of the molecule is O=C1NC2(CCSCC2)C(=O)N1CN(C1CCCC1)C1CC1. The maximum absolute atomic E-state index is 12.9. The highest BCUT2D eigenvalue weighted by Crippen LogP contribution is 2.37. The van der Waals surface area contributed by atoms with Gasteiger partial charge in [0.15, 0.2) is 0 Å². The summed E-state index contributed by atoms with van der Waals surface area (Å²) in [4.78, 5) is 29.3. The Morgan fingerprint density at radius 2 is 1.73 bits per heavy atom. The highest BCUT2D eigenvalue weighted by Gasteiger charge is 2.52. The van der Waals surface area contributed by atoms with Gasteiger partial charge in [0.25, 0.3) is 5.91 Å². The molecule has 5 nitrogen and oxygen atoms in total. The highest BCUT2D eigenvalue weighted by molar-refractivity contribution is 7.99. The Morgan fingerprint density at radius 1 is 1.09 bits per heavy atom. The van der Waals surface area contributed by atoms with Gasteiger partial charge in [-0.15, -0.1) is 0 Å². The third-order valence-corrected chi connectivity index (χ3v) is 6.69. The number of carbonyl (C=O) groups excluding carboxylic acids is 2. The minimum atomic E-state index is -0.590. The number of thioether (sulfide) groups is 1. The molecule has 122 valence electrons. The fraction of sp³-hybridized carbons (Fsp3) is 0.875. The second-order valence-electron chi connectivity index (χ2n) is 7.18. The molecule has 3 amide bonds. The minimum absolute atomic E-state index is 0.0291. The Hall–Kier alpha value is -0.750. The minimum Gasteiger partial charge on any atom is -0.323 e. The van der Waals surface area contributed by atoms with Crippen molar-refractivity contribution in [2.24, 2.45) is 0 Å². The van der Waals surface area contributed by atoms with Gasteiger partial charge in [-0.2, -0.15) is 11.8 Å². The van der Waals surface area contributed by atoms with Gasteiger partial charge in [0.1, 0.15) is 5.54 Å². The van der Waals surface area contributed by atoms with Crippen molar-refractivity contribution in [2.45, 2.75) is 69.0 Å². The maximum atomic E-state index is 12.9. The molecule has 6 heteroatoms. The van der Waals surface area contributed by atoms with Crippen molar-refractivity contribution in [1.29, 1.82) is 0 Å². The van der Waals surface area contributed by atoms with Gasteiger partial charge in [-0.05, 0) is 50.0 Å². The first kappa shape index (κ1) is 14.8. The average Bonchev–Trinajstić information content (AvgIpc) is 3.16. The van der Waals surface area contributed by atoms with Crippen molar-refractivity contribution >= 4 is 23.7 Å². The number of rotatable bonds is 4. The van der Waals surface area contributed by atoms with Gasteiger partial charge in [-0.25, -0.2) is 9.69 Å². The van der Waals surface area contributed by atoms with Crippen LogP contribution in [0, 0.1) is 0 Å². The Labute approximate surface area is 136 Å². The van der Waals surface area contributed by atoms with Gasteiger partial charge in [0.2, 0.25) is 0 Å². The Bertz CT molecular complexity index is 468.